The molecule has 4 nitrogen and oxygen atoms in total. The highest BCUT2D eigenvalue weighted by Crippen LogP contribution is 2.11. The largest absolute Gasteiger partial charge is 0.396 e. The van der Waals surface area contributed by atoms with Crippen molar-refractivity contribution in [2.45, 2.75) is 38.8 Å². The maximum Gasteiger partial charge on any atom is 0.239 e. The van der Waals surface area contributed by atoms with Crippen LogP contribution in [0.25, 0.3) is 0 Å². The maximum absolute atomic E-state index is 11.7. The maximum atomic E-state index is 11.7. The molecule has 1 unspecified atom stereocenters. The first-order chi connectivity index (χ1) is 6.65. The summed E-state index contributed by atoms with van der Waals surface area (Å²) in [6.07, 6.45) is 1.57. The van der Waals surface area contributed by atoms with Crippen LogP contribution in [0.3, 0.4) is 0 Å². The lowest BCUT2D eigenvalue weighted by Crippen LogP contribution is -2.41. The van der Waals surface area contributed by atoms with Crippen LogP contribution in [-0.4, -0.2) is 47.7 Å². The highest BCUT2D eigenvalue weighted by atomic mass is 16.3. The Kier molecular flexibility index (Phi) is 4.35. The summed E-state index contributed by atoms with van der Waals surface area (Å²) in [5.41, 5.74) is 0. The van der Waals surface area contributed by atoms with E-state index in [0.717, 1.165) is 13.0 Å². The molecule has 14 heavy (non-hydrogen) atoms. The molecule has 0 aromatic carbocycles. The molecule has 1 heterocycles. The van der Waals surface area contributed by atoms with Gasteiger partial charge in [-0.05, 0) is 12.8 Å². The van der Waals surface area contributed by atoms with Crippen molar-refractivity contribution in [3.63, 3.8) is 0 Å². The quantitative estimate of drug-likeness (QED) is 0.655. The second-order valence-corrected chi connectivity index (χ2v) is 4.07. The van der Waals surface area contributed by atoms with Crippen molar-refractivity contribution in [3.05, 3.63) is 0 Å². The molecule has 1 aliphatic heterocycles. The molecule has 1 saturated heterocycles. The standard InChI is InChI=1S/C10H20N2O2/c1-8(2)11-9-4-6-12(10(9)14)5-3-7-13/h8-9,11,13H,3-7H2,1-2H3. The van der Waals surface area contributed by atoms with Gasteiger partial charge in [0.25, 0.3) is 0 Å². The lowest BCUT2D eigenvalue weighted by molar-refractivity contribution is -0.129. The van der Waals surface area contributed by atoms with E-state index in [0.29, 0.717) is 19.0 Å². The average molecular weight is 200 g/mol. The van der Waals surface area contributed by atoms with Crippen molar-refractivity contribution in [2.75, 3.05) is 19.7 Å². The van der Waals surface area contributed by atoms with Crippen molar-refractivity contribution in [2.24, 2.45) is 0 Å². The van der Waals surface area contributed by atoms with Gasteiger partial charge in [0.05, 0.1) is 6.04 Å². The average Bonchev–Trinajstić information content (AvgIpc) is 2.45. The summed E-state index contributed by atoms with van der Waals surface area (Å²) in [5.74, 6) is 0.187. The summed E-state index contributed by atoms with van der Waals surface area (Å²) in [6.45, 7) is 5.76. The first kappa shape index (κ1) is 11.5. The van der Waals surface area contributed by atoms with Gasteiger partial charge in [-0.25, -0.2) is 0 Å². The Morgan fingerprint density at radius 3 is 2.93 bits per heavy atom. The molecular formula is C10H20N2O2. The summed E-state index contributed by atoms with van der Waals surface area (Å²) in [5, 5.41) is 11.9. The van der Waals surface area contributed by atoms with Crippen molar-refractivity contribution in [1.82, 2.24) is 10.2 Å². The van der Waals surface area contributed by atoms with Crippen molar-refractivity contribution < 1.29 is 9.90 Å². The normalized spacial score (nSPS) is 22.4. The lowest BCUT2D eigenvalue weighted by atomic mass is 10.2. The fraction of sp³-hybridized carbons (Fsp3) is 0.900. The van der Waals surface area contributed by atoms with E-state index < -0.39 is 0 Å². The van der Waals surface area contributed by atoms with Crippen molar-refractivity contribution in [3.8, 4) is 0 Å². The minimum Gasteiger partial charge on any atom is -0.396 e. The summed E-state index contributed by atoms with van der Waals surface area (Å²) < 4.78 is 0. The van der Waals surface area contributed by atoms with Crippen LogP contribution in [0.5, 0.6) is 0 Å². The van der Waals surface area contributed by atoms with E-state index in [4.69, 9.17) is 5.11 Å². The number of hydrogen-bond acceptors (Lipinski definition) is 3. The number of aliphatic hydroxyl groups excluding tert-OH is 1. The van der Waals surface area contributed by atoms with Crippen LogP contribution < -0.4 is 5.32 Å². The fourth-order valence-electron chi connectivity index (χ4n) is 1.78. The molecule has 4 heteroatoms. The Bertz CT molecular complexity index is 195. The number of amides is 1. The molecule has 1 rings (SSSR count). The SMILES string of the molecule is CC(C)NC1CCN(CCCO)C1=O. The topological polar surface area (TPSA) is 52.6 Å². The van der Waals surface area contributed by atoms with E-state index in [9.17, 15) is 4.79 Å². The van der Waals surface area contributed by atoms with Gasteiger partial charge in [-0.1, -0.05) is 13.8 Å². The Balaban J connectivity index is 2.35. The van der Waals surface area contributed by atoms with Gasteiger partial charge in [-0.3, -0.25) is 4.79 Å². The minimum absolute atomic E-state index is 0.00584. The van der Waals surface area contributed by atoms with E-state index in [1.165, 1.54) is 0 Å². The Labute approximate surface area is 85.3 Å². The predicted molar refractivity (Wildman–Crippen MR) is 55.0 cm³/mol. The van der Waals surface area contributed by atoms with Crippen LogP contribution in [-0.2, 0) is 4.79 Å². The molecule has 0 radical (unpaired) electrons. The molecule has 0 aromatic rings. The van der Waals surface area contributed by atoms with Gasteiger partial charge in [-0.15, -0.1) is 0 Å². The molecule has 0 aromatic heterocycles. The molecule has 0 spiro atoms. The number of rotatable bonds is 5. The molecular weight excluding hydrogens is 180 g/mol. The van der Waals surface area contributed by atoms with Gasteiger partial charge in [0, 0.05) is 25.7 Å². The number of nitrogens with zero attached hydrogens (tertiary/aromatic N) is 1. The van der Waals surface area contributed by atoms with Crippen molar-refractivity contribution >= 4 is 5.91 Å². The third kappa shape index (κ3) is 2.96. The molecule has 1 aliphatic rings. The van der Waals surface area contributed by atoms with Gasteiger partial charge in [0.1, 0.15) is 0 Å². The van der Waals surface area contributed by atoms with Gasteiger partial charge in [0.15, 0.2) is 0 Å². The Morgan fingerprint density at radius 2 is 2.36 bits per heavy atom. The minimum atomic E-state index is -0.00584. The first-order valence-corrected chi connectivity index (χ1v) is 5.31. The van der Waals surface area contributed by atoms with E-state index in [1.807, 2.05) is 18.7 Å². The summed E-state index contributed by atoms with van der Waals surface area (Å²) in [7, 11) is 0. The van der Waals surface area contributed by atoms with Crippen LogP contribution in [0.2, 0.25) is 0 Å². The summed E-state index contributed by atoms with van der Waals surface area (Å²) >= 11 is 0. The third-order valence-electron chi connectivity index (χ3n) is 2.42. The van der Waals surface area contributed by atoms with Gasteiger partial charge in [-0.2, -0.15) is 0 Å². The zero-order valence-corrected chi connectivity index (χ0v) is 8.99. The molecule has 0 saturated carbocycles. The Morgan fingerprint density at radius 1 is 1.64 bits per heavy atom. The number of likely N-dealkylation sites (tertiary alicyclic amines) is 1. The predicted octanol–water partition coefficient (Wildman–Crippen LogP) is -0.0323. The number of nitrogens with one attached hydrogen (secondary N) is 1. The molecule has 1 amide bonds. The van der Waals surface area contributed by atoms with E-state index >= 15 is 0 Å². The van der Waals surface area contributed by atoms with E-state index in [1.54, 1.807) is 0 Å². The molecule has 0 bridgehead atoms. The van der Waals surface area contributed by atoms with Gasteiger partial charge in [0.2, 0.25) is 5.91 Å². The second kappa shape index (κ2) is 5.32. The molecule has 82 valence electrons. The molecule has 0 aliphatic carbocycles. The van der Waals surface area contributed by atoms with Gasteiger partial charge < -0.3 is 15.3 Å². The third-order valence-corrected chi connectivity index (χ3v) is 2.42. The molecule has 1 atom stereocenters. The molecule has 2 N–H and O–H groups in total. The summed E-state index contributed by atoms with van der Waals surface area (Å²) in [6, 6.07) is 0.343. The first-order valence-electron chi connectivity index (χ1n) is 5.31. The highest BCUT2D eigenvalue weighted by molar-refractivity contribution is 5.83. The van der Waals surface area contributed by atoms with Crippen LogP contribution in [0.15, 0.2) is 0 Å². The molecule has 1 fully saturated rings. The van der Waals surface area contributed by atoms with Crippen LogP contribution in [0.1, 0.15) is 26.7 Å². The number of aliphatic hydroxyl groups is 1. The van der Waals surface area contributed by atoms with E-state index in [2.05, 4.69) is 5.32 Å². The second-order valence-electron chi connectivity index (χ2n) is 4.07. The van der Waals surface area contributed by atoms with Crippen LogP contribution in [0, 0.1) is 0 Å². The van der Waals surface area contributed by atoms with Crippen molar-refractivity contribution in [1.29, 1.82) is 0 Å². The Hall–Kier alpha value is -0.610. The number of carbonyl (C=O) groups is 1. The zero-order valence-electron chi connectivity index (χ0n) is 8.99. The smallest absolute Gasteiger partial charge is 0.239 e. The monoisotopic (exact) mass is 200 g/mol. The number of hydrogen-bond donors (Lipinski definition) is 2. The van der Waals surface area contributed by atoms with Crippen LogP contribution in [0.4, 0.5) is 0 Å². The van der Waals surface area contributed by atoms with Crippen LogP contribution >= 0.6 is 0 Å². The number of carbonyl (C=O) groups excluding carboxylic acids is 1. The zero-order chi connectivity index (χ0) is 10.6. The lowest BCUT2D eigenvalue weighted by Gasteiger charge is -2.17. The van der Waals surface area contributed by atoms with E-state index in [-0.39, 0.29) is 18.6 Å². The highest BCUT2D eigenvalue weighted by Gasteiger charge is 2.30. The summed E-state index contributed by atoms with van der Waals surface area (Å²) in [4.78, 5) is 13.6. The van der Waals surface area contributed by atoms with Gasteiger partial charge >= 0.3 is 0 Å². The fourth-order valence-corrected chi connectivity index (χ4v) is 1.78.